The molecular weight excluding hydrogens is 456 g/mol. The van der Waals surface area contributed by atoms with Crippen molar-refractivity contribution >= 4 is 46.5 Å². The molecule has 4 heterocycles. The number of amides is 4. The summed E-state index contributed by atoms with van der Waals surface area (Å²) < 4.78 is 3.83. The molecule has 178 valence electrons. The fraction of sp³-hybridized carbons (Fsp3) is 0.478. The molecule has 34 heavy (non-hydrogen) atoms. The van der Waals surface area contributed by atoms with Crippen molar-refractivity contribution in [2.24, 2.45) is 5.92 Å². The van der Waals surface area contributed by atoms with Gasteiger partial charge in [-0.25, -0.2) is 0 Å². The van der Waals surface area contributed by atoms with Gasteiger partial charge in [-0.3, -0.25) is 19.2 Å². The second kappa shape index (κ2) is 9.13. The molecule has 2 aromatic rings. The normalized spacial score (nSPS) is 17.5. The molecule has 11 heteroatoms. The van der Waals surface area contributed by atoms with Gasteiger partial charge in [-0.05, 0) is 73.3 Å². The number of hydrogen-bond acceptors (Lipinski definition) is 7. The minimum absolute atomic E-state index is 0.0461. The predicted octanol–water partition coefficient (Wildman–Crippen LogP) is 1.29. The molecule has 1 aromatic heterocycles. The van der Waals surface area contributed by atoms with E-state index in [0.29, 0.717) is 55.3 Å². The van der Waals surface area contributed by atoms with Crippen LogP contribution in [0.3, 0.4) is 0 Å². The number of carbonyl (C=O) groups excluding carboxylic acids is 4. The summed E-state index contributed by atoms with van der Waals surface area (Å²) in [5, 5.41) is 9.34. The Hall–Kier alpha value is -3.34. The molecule has 0 atom stereocenters. The van der Waals surface area contributed by atoms with Gasteiger partial charge in [0.05, 0.1) is 11.4 Å². The van der Waals surface area contributed by atoms with Crippen LogP contribution in [0.2, 0.25) is 0 Å². The fourth-order valence-electron chi connectivity index (χ4n) is 4.95. The summed E-state index contributed by atoms with van der Waals surface area (Å²) in [6, 6.07) is 3.72. The first-order valence-electron chi connectivity index (χ1n) is 11.5. The quantitative estimate of drug-likeness (QED) is 0.633. The summed E-state index contributed by atoms with van der Waals surface area (Å²) in [6.45, 7) is 4.03. The van der Waals surface area contributed by atoms with E-state index in [1.54, 1.807) is 11.8 Å². The lowest BCUT2D eigenvalue weighted by atomic mass is 9.96. The number of likely N-dealkylation sites (tertiary alicyclic amines) is 1. The summed E-state index contributed by atoms with van der Waals surface area (Å²) >= 11 is 1.11. The zero-order chi connectivity index (χ0) is 23.8. The zero-order valence-electron chi connectivity index (χ0n) is 18.9. The van der Waals surface area contributed by atoms with Crippen LogP contribution in [0.4, 0.5) is 11.4 Å². The number of nitrogens with zero attached hydrogens (tertiary/aromatic N) is 4. The van der Waals surface area contributed by atoms with Gasteiger partial charge in [-0.15, -0.1) is 5.10 Å². The van der Waals surface area contributed by atoms with Gasteiger partial charge < -0.3 is 20.4 Å². The van der Waals surface area contributed by atoms with Crippen molar-refractivity contribution in [3.63, 3.8) is 0 Å². The molecule has 2 N–H and O–H groups in total. The third-order valence-electron chi connectivity index (χ3n) is 6.81. The SMILES string of the molecule is Cc1nnsc1C(=O)N1CCC(CNC(=O)C(=O)Nc2cc3c4c(c2)CCN4C(=O)CC3)CC1. The molecule has 0 aliphatic carbocycles. The van der Waals surface area contributed by atoms with Crippen molar-refractivity contribution < 1.29 is 19.2 Å². The minimum Gasteiger partial charge on any atom is -0.348 e. The highest BCUT2D eigenvalue weighted by molar-refractivity contribution is 7.07. The van der Waals surface area contributed by atoms with Gasteiger partial charge in [0, 0.05) is 38.3 Å². The summed E-state index contributed by atoms with van der Waals surface area (Å²) in [7, 11) is 0. The van der Waals surface area contributed by atoms with Gasteiger partial charge in [0.2, 0.25) is 5.91 Å². The van der Waals surface area contributed by atoms with Crippen molar-refractivity contribution in [3.8, 4) is 0 Å². The first-order chi connectivity index (χ1) is 16.4. The monoisotopic (exact) mass is 482 g/mol. The Kier molecular flexibility index (Phi) is 6.03. The average Bonchev–Trinajstić information content (AvgIpc) is 3.47. The van der Waals surface area contributed by atoms with Crippen LogP contribution >= 0.6 is 11.5 Å². The predicted molar refractivity (Wildman–Crippen MR) is 126 cm³/mol. The van der Waals surface area contributed by atoms with Crippen LogP contribution in [-0.4, -0.2) is 64.3 Å². The molecule has 0 spiro atoms. The Labute approximate surface area is 200 Å². The Morgan fingerprint density at radius 1 is 1.06 bits per heavy atom. The molecule has 1 saturated heterocycles. The van der Waals surface area contributed by atoms with E-state index in [1.165, 1.54) is 0 Å². The smallest absolute Gasteiger partial charge is 0.313 e. The van der Waals surface area contributed by atoms with E-state index in [4.69, 9.17) is 0 Å². The van der Waals surface area contributed by atoms with E-state index in [2.05, 4.69) is 20.2 Å². The molecule has 1 aromatic carbocycles. The largest absolute Gasteiger partial charge is 0.348 e. The first-order valence-corrected chi connectivity index (χ1v) is 12.3. The maximum absolute atomic E-state index is 12.6. The molecule has 0 unspecified atom stereocenters. The van der Waals surface area contributed by atoms with Crippen LogP contribution in [0.1, 0.15) is 45.8 Å². The number of carbonyl (C=O) groups is 4. The molecule has 3 aliphatic rings. The number of rotatable bonds is 4. The van der Waals surface area contributed by atoms with E-state index in [9.17, 15) is 19.2 Å². The molecule has 0 bridgehead atoms. The number of hydrogen-bond donors (Lipinski definition) is 2. The summed E-state index contributed by atoms with van der Waals surface area (Å²) in [5.74, 6) is -1.07. The highest BCUT2D eigenvalue weighted by Crippen LogP contribution is 2.38. The lowest BCUT2D eigenvalue weighted by molar-refractivity contribution is -0.136. The second-order valence-corrected chi connectivity index (χ2v) is 9.78. The third-order valence-corrected chi connectivity index (χ3v) is 7.63. The third kappa shape index (κ3) is 4.27. The molecule has 10 nitrogen and oxygen atoms in total. The van der Waals surface area contributed by atoms with Gasteiger partial charge in [0.15, 0.2) is 0 Å². The number of aryl methyl sites for hydroxylation is 2. The van der Waals surface area contributed by atoms with Gasteiger partial charge in [0.25, 0.3) is 5.91 Å². The van der Waals surface area contributed by atoms with Crippen LogP contribution < -0.4 is 15.5 Å². The van der Waals surface area contributed by atoms with Crippen LogP contribution in [-0.2, 0) is 27.2 Å². The van der Waals surface area contributed by atoms with Crippen molar-refractivity contribution in [2.75, 3.05) is 36.4 Å². The lowest BCUT2D eigenvalue weighted by Gasteiger charge is -2.31. The highest BCUT2D eigenvalue weighted by atomic mass is 32.1. The van der Waals surface area contributed by atoms with Crippen LogP contribution in [0.25, 0.3) is 0 Å². The average molecular weight is 483 g/mol. The molecule has 1 fully saturated rings. The number of benzene rings is 1. The van der Waals surface area contributed by atoms with Crippen LogP contribution in [0.15, 0.2) is 12.1 Å². The zero-order valence-corrected chi connectivity index (χ0v) is 19.7. The standard InChI is InChI=1S/C23H26N6O4S/c1-13-20(34-27-26-13)23(33)28-7-4-14(5-8-28)12-24-21(31)22(32)25-17-10-15-2-3-18(30)29-9-6-16(11-17)19(15)29/h10-11,14H,2-9,12H2,1H3,(H,24,31)(H,25,32). The lowest BCUT2D eigenvalue weighted by Crippen LogP contribution is -2.43. The number of aromatic nitrogens is 2. The van der Waals surface area contributed by atoms with Crippen molar-refractivity contribution in [1.29, 1.82) is 0 Å². The van der Waals surface area contributed by atoms with Crippen LogP contribution in [0, 0.1) is 12.8 Å². The Morgan fingerprint density at radius 2 is 1.79 bits per heavy atom. The van der Waals surface area contributed by atoms with Crippen molar-refractivity contribution in [1.82, 2.24) is 19.8 Å². The Morgan fingerprint density at radius 3 is 2.50 bits per heavy atom. The van der Waals surface area contributed by atoms with E-state index >= 15 is 0 Å². The molecule has 5 rings (SSSR count). The number of nitrogens with one attached hydrogen (secondary N) is 2. The summed E-state index contributed by atoms with van der Waals surface area (Å²) in [5.41, 5.74) is 4.28. The van der Waals surface area contributed by atoms with E-state index < -0.39 is 11.8 Å². The summed E-state index contributed by atoms with van der Waals surface area (Å²) in [6.07, 6.45) is 3.37. The van der Waals surface area contributed by atoms with E-state index in [0.717, 1.165) is 47.6 Å². The highest BCUT2D eigenvalue weighted by Gasteiger charge is 2.32. The first kappa shape index (κ1) is 22.5. The second-order valence-electron chi connectivity index (χ2n) is 9.03. The summed E-state index contributed by atoms with van der Waals surface area (Å²) in [4.78, 5) is 53.7. The van der Waals surface area contributed by atoms with Gasteiger partial charge in [-0.1, -0.05) is 4.49 Å². The fourth-order valence-corrected chi connectivity index (χ4v) is 5.57. The minimum atomic E-state index is -0.699. The van der Waals surface area contributed by atoms with E-state index in [1.807, 2.05) is 17.0 Å². The number of anilines is 2. The maximum Gasteiger partial charge on any atom is 0.313 e. The molecule has 0 saturated carbocycles. The molecular formula is C23H26N6O4S. The maximum atomic E-state index is 12.6. The Balaban J connectivity index is 1.11. The Bertz CT molecular complexity index is 1170. The molecule has 0 radical (unpaired) electrons. The number of piperidine rings is 1. The molecule has 4 amide bonds. The van der Waals surface area contributed by atoms with Gasteiger partial charge >= 0.3 is 11.8 Å². The topological polar surface area (TPSA) is 125 Å². The van der Waals surface area contributed by atoms with Gasteiger partial charge in [0.1, 0.15) is 4.88 Å². The molecule has 3 aliphatic heterocycles. The van der Waals surface area contributed by atoms with Crippen molar-refractivity contribution in [3.05, 3.63) is 33.8 Å². The van der Waals surface area contributed by atoms with Crippen LogP contribution in [0.5, 0.6) is 0 Å². The van der Waals surface area contributed by atoms with Crippen molar-refractivity contribution in [2.45, 2.75) is 39.0 Å². The van der Waals surface area contributed by atoms with Gasteiger partial charge in [-0.2, -0.15) is 0 Å². The van der Waals surface area contributed by atoms with E-state index in [-0.39, 0.29) is 17.7 Å².